The number of carboxylic acids is 1. The number of ketones is 1. The third-order valence-corrected chi connectivity index (χ3v) is 4.91. The molecule has 7 heteroatoms. The maximum atomic E-state index is 12.2. The summed E-state index contributed by atoms with van der Waals surface area (Å²) in [6, 6.07) is 8.93. The molecule has 27 heavy (non-hydrogen) atoms. The fraction of sp³-hybridized carbons (Fsp3) is 0.350. The highest BCUT2D eigenvalue weighted by Gasteiger charge is 2.13. The van der Waals surface area contributed by atoms with E-state index in [0.29, 0.717) is 18.7 Å². The van der Waals surface area contributed by atoms with Crippen molar-refractivity contribution in [2.45, 2.75) is 33.1 Å². The minimum absolute atomic E-state index is 0.00366. The average Bonchev–Trinajstić information content (AvgIpc) is 2.97. The Labute approximate surface area is 162 Å². The summed E-state index contributed by atoms with van der Waals surface area (Å²) in [7, 11) is 0. The molecule has 144 valence electrons. The van der Waals surface area contributed by atoms with Crippen molar-refractivity contribution in [1.29, 1.82) is 0 Å². The van der Waals surface area contributed by atoms with E-state index in [1.165, 1.54) is 0 Å². The van der Waals surface area contributed by atoms with Crippen LogP contribution in [0.3, 0.4) is 0 Å². The van der Waals surface area contributed by atoms with Crippen molar-refractivity contribution in [2.24, 2.45) is 0 Å². The van der Waals surface area contributed by atoms with Gasteiger partial charge in [0.05, 0.1) is 0 Å². The Kier molecular flexibility index (Phi) is 7.55. The van der Waals surface area contributed by atoms with Crippen LogP contribution in [-0.4, -0.2) is 35.9 Å². The van der Waals surface area contributed by atoms with Crippen LogP contribution in [0.5, 0.6) is 5.75 Å². The van der Waals surface area contributed by atoms with Gasteiger partial charge < -0.3 is 15.2 Å². The van der Waals surface area contributed by atoms with Gasteiger partial charge in [-0.15, -0.1) is 11.3 Å². The zero-order valence-corrected chi connectivity index (χ0v) is 16.2. The number of amides is 1. The maximum Gasteiger partial charge on any atom is 0.341 e. The minimum atomic E-state index is -1.02. The Balaban J connectivity index is 1.69. The molecule has 2 aromatic rings. The zero-order valence-electron chi connectivity index (χ0n) is 15.4. The lowest BCUT2D eigenvalue weighted by Gasteiger charge is -2.07. The molecule has 2 N–H and O–H groups in total. The topological polar surface area (TPSA) is 92.7 Å². The Morgan fingerprint density at radius 1 is 1.11 bits per heavy atom. The van der Waals surface area contributed by atoms with Crippen LogP contribution in [0.25, 0.3) is 0 Å². The fourth-order valence-corrected chi connectivity index (χ4v) is 3.54. The first kappa shape index (κ1) is 20.6. The van der Waals surface area contributed by atoms with Gasteiger partial charge in [-0.25, -0.2) is 4.79 Å². The van der Waals surface area contributed by atoms with E-state index in [4.69, 9.17) is 9.84 Å². The quantitative estimate of drug-likeness (QED) is 0.609. The largest absolute Gasteiger partial charge is 0.482 e. The van der Waals surface area contributed by atoms with Crippen LogP contribution in [0.15, 0.2) is 30.3 Å². The third kappa shape index (κ3) is 6.86. The summed E-state index contributed by atoms with van der Waals surface area (Å²) in [6.45, 7) is 3.98. The molecule has 1 aromatic heterocycles. The number of aryl methyl sites for hydroxylation is 2. The minimum Gasteiger partial charge on any atom is -0.482 e. The Morgan fingerprint density at radius 3 is 2.41 bits per heavy atom. The van der Waals surface area contributed by atoms with Crippen molar-refractivity contribution in [3.63, 3.8) is 0 Å². The predicted octanol–water partition coefficient (Wildman–Crippen LogP) is 3.15. The van der Waals surface area contributed by atoms with Gasteiger partial charge in [0, 0.05) is 34.7 Å². The van der Waals surface area contributed by atoms with E-state index in [1.54, 1.807) is 23.5 Å². The third-order valence-electron chi connectivity index (χ3n) is 3.94. The summed E-state index contributed by atoms with van der Waals surface area (Å²) >= 11 is 1.59. The summed E-state index contributed by atoms with van der Waals surface area (Å²) in [4.78, 5) is 36.7. The van der Waals surface area contributed by atoms with Crippen LogP contribution in [0.2, 0.25) is 0 Å². The monoisotopic (exact) mass is 389 g/mol. The molecule has 6 nitrogen and oxygen atoms in total. The average molecular weight is 389 g/mol. The van der Waals surface area contributed by atoms with E-state index in [-0.39, 0.29) is 31.1 Å². The highest BCUT2D eigenvalue weighted by atomic mass is 32.1. The second-order valence-electron chi connectivity index (χ2n) is 6.18. The number of thiophene rings is 1. The summed E-state index contributed by atoms with van der Waals surface area (Å²) < 4.78 is 5.07. The molecule has 0 aliphatic carbocycles. The number of benzene rings is 1. The molecule has 0 aliphatic rings. The second-order valence-corrected chi connectivity index (χ2v) is 7.64. The van der Waals surface area contributed by atoms with Crippen molar-refractivity contribution in [2.75, 3.05) is 13.2 Å². The molecule has 1 aromatic carbocycles. The molecular weight excluding hydrogens is 366 g/mol. The van der Waals surface area contributed by atoms with Crippen molar-refractivity contribution in [3.05, 3.63) is 51.2 Å². The zero-order chi connectivity index (χ0) is 19.8. The fourth-order valence-electron chi connectivity index (χ4n) is 2.60. The number of Topliss-reactive ketones (excluding diaryl/α,β-unsaturated/α-hetero) is 1. The molecule has 2 rings (SSSR count). The van der Waals surface area contributed by atoms with Gasteiger partial charge in [-0.05, 0) is 44.0 Å². The molecule has 1 heterocycles. The lowest BCUT2D eigenvalue weighted by atomic mass is 10.1. The van der Waals surface area contributed by atoms with Crippen molar-refractivity contribution >= 4 is 29.0 Å². The van der Waals surface area contributed by atoms with Crippen LogP contribution < -0.4 is 10.1 Å². The van der Waals surface area contributed by atoms with E-state index in [1.807, 2.05) is 32.0 Å². The molecule has 0 saturated carbocycles. The number of rotatable bonds is 10. The SMILES string of the molecule is Cc1cc(C(=O)CCC(=O)NCCc2ccc(OCC(=O)O)cc2)c(C)s1. The second kappa shape index (κ2) is 9.87. The lowest BCUT2D eigenvalue weighted by molar-refractivity contribution is -0.139. The van der Waals surface area contributed by atoms with Crippen LogP contribution >= 0.6 is 11.3 Å². The van der Waals surface area contributed by atoms with Crippen LogP contribution in [-0.2, 0) is 16.0 Å². The first-order valence-electron chi connectivity index (χ1n) is 8.65. The van der Waals surface area contributed by atoms with Gasteiger partial charge in [-0.1, -0.05) is 12.1 Å². The van der Waals surface area contributed by atoms with E-state index >= 15 is 0 Å². The van der Waals surface area contributed by atoms with Gasteiger partial charge in [0.15, 0.2) is 12.4 Å². The molecule has 0 atom stereocenters. The van der Waals surface area contributed by atoms with Crippen LogP contribution in [0.4, 0.5) is 0 Å². The molecule has 1 amide bonds. The van der Waals surface area contributed by atoms with Gasteiger partial charge in [-0.3, -0.25) is 9.59 Å². The van der Waals surface area contributed by atoms with Crippen molar-refractivity contribution < 1.29 is 24.2 Å². The first-order valence-corrected chi connectivity index (χ1v) is 9.47. The van der Waals surface area contributed by atoms with Gasteiger partial charge >= 0.3 is 5.97 Å². The Morgan fingerprint density at radius 2 is 1.81 bits per heavy atom. The van der Waals surface area contributed by atoms with Gasteiger partial charge in [-0.2, -0.15) is 0 Å². The smallest absolute Gasteiger partial charge is 0.341 e. The molecular formula is C20H23NO5S. The van der Waals surface area contributed by atoms with Gasteiger partial charge in [0.1, 0.15) is 5.75 Å². The van der Waals surface area contributed by atoms with Crippen molar-refractivity contribution in [1.82, 2.24) is 5.32 Å². The van der Waals surface area contributed by atoms with Crippen molar-refractivity contribution in [3.8, 4) is 5.75 Å². The standard InChI is InChI=1S/C20H23NO5S/c1-13-11-17(14(2)27-13)18(22)7-8-19(23)21-10-9-15-3-5-16(6-4-15)26-12-20(24)25/h3-6,11H,7-10,12H2,1-2H3,(H,21,23)(H,24,25). The first-order chi connectivity index (χ1) is 12.8. The molecule has 0 spiro atoms. The number of nitrogens with one attached hydrogen (secondary N) is 1. The summed E-state index contributed by atoms with van der Waals surface area (Å²) in [5.74, 6) is -0.675. The maximum absolute atomic E-state index is 12.2. The van der Waals surface area contributed by atoms with Gasteiger partial charge in [0.2, 0.25) is 5.91 Å². The number of aliphatic carboxylic acids is 1. The predicted molar refractivity (Wildman–Crippen MR) is 104 cm³/mol. The number of ether oxygens (including phenoxy) is 1. The number of carbonyl (C=O) groups excluding carboxylic acids is 2. The lowest BCUT2D eigenvalue weighted by Crippen LogP contribution is -2.26. The highest BCUT2D eigenvalue weighted by Crippen LogP contribution is 2.22. The highest BCUT2D eigenvalue weighted by molar-refractivity contribution is 7.12. The number of carbonyl (C=O) groups is 3. The summed E-state index contributed by atoms with van der Waals surface area (Å²) in [5.41, 5.74) is 1.72. The van der Waals surface area contributed by atoms with Gasteiger partial charge in [0.25, 0.3) is 0 Å². The number of hydrogen-bond acceptors (Lipinski definition) is 5. The van der Waals surface area contributed by atoms with Crippen LogP contribution in [0.1, 0.15) is 38.5 Å². The van der Waals surface area contributed by atoms with Crippen LogP contribution in [0, 0.1) is 13.8 Å². The summed E-state index contributed by atoms with van der Waals surface area (Å²) in [5, 5.41) is 11.4. The number of carboxylic acid groups (broad SMARTS) is 1. The molecule has 0 saturated heterocycles. The molecule has 0 aliphatic heterocycles. The summed E-state index contributed by atoms with van der Waals surface area (Å²) in [6.07, 6.45) is 1.02. The molecule has 0 fully saturated rings. The Bertz CT molecular complexity index is 810. The molecule has 0 bridgehead atoms. The number of hydrogen-bond donors (Lipinski definition) is 2. The van der Waals surface area contributed by atoms with E-state index in [2.05, 4.69) is 5.32 Å². The molecule has 0 unspecified atom stereocenters. The van der Waals surface area contributed by atoms with E-state index in [9.17, 15) is 14.4 Å². The van der Waals surface area contributed by atoms with E-state index < -0.39 is 5.97 Å². The Hall–Kier alpha value is -2.67. The van der Waals surface area contributed by atoms with E-state index in [0.717, 1.165) is 20.9 Å². The normalized spacial score (nSPS) is 10.4. The molecule has 0 radical (unpaired) electrons.